The number of nitrogens with zero attached hydrogens (tertiary/aromatic N) is 4. The Hall–Kier alpha value is -5.32. The van der Waals surface area contributed by atoms with E-state index in [-0.39, 0.29) is 36.7 Å². The van der Waals surface area contributed by atoms with Gasteiger partial charge in [-0.3, -0.25) is 29.0 Å². The molecular weight excluding hydrogens is 592 g/mol. The second-order valence-electron chi connectivity index (χ2n) is 12.3. The first-order valence-corrected chi connectivity index (χ1v) is 16.0. The molecule has 2 aliphatic rings. The molecular formula is C37H34N6O4. The summed E-state index contributed by atoms with van der Waals surface area (Å²) in [6.45, 7) is 2.93. The van der Waals surface area contributed by atoms with E-state index in [0.29, 0.717) is 48.4 Å². The fourth-order valence-corrected chi connectivity index (χ4v) is 7.42. The third-order valence-electron chi connectivity index (χ3n) is 9.76. The number of carbonyl (C=O) groups excluding carboxylic acids is 4. The number of aryl methyl sites for hydroxylation is 2. The summed E-state index contributed by atoms with van der Waals surface area (Å²) in [6, 6.07) is 23.3. The predicted octanol–water partition coefficient (Wildman–Crippen LogP) is 4.44. The summed E-state index contributed by atoms with van der Waals surface area (Å²) in [5.41, 5.74) is 5.82. The first kappa shape index (κ1) is 29.1. The lowest BCUT2D eigenvalue weighted by Crippen LogP contribution is -2.38. The minimum absolute atomic E-state index is 0.246. The Morgan fingerprint density at radius 1 is 0.489 bits per heavy atom. The van der Waals surface area contributed by atoms with Crippen molar-refractivity contribution >= 4 is 67.2 Å². The van der Waals surface area contributed by atoms with E-state index >= 15 is 0 Å². The summed E-state index contributed by atoms with van der Waals surface area (Å²) in [6.07, 6.45) is 0.803. The Bertz CT molecular complexity index is 2150. The van der Waals surface area contributed by atoms with Gasteiger partial charge in [-0.15, -0.1) is 0 Å². The van der Waals surface area contributed by atoms with Gasteiger partial charge in [-0.1, -0.05) is 36.4 Å². The van der Waals surface area contributed by atoms with Crippen LogP contribution in [0.15, 0.2) is 72.8 Å². The average Bonchev–Trinajstić information content (AvgIpc) is 3.72. The van der Waals surface area contributed by atoms with Crippen molar-refractivity contribution in [3.63, 3.8) is 0 Å². The van der Waals surface area contributed by atoms with Gasteiger partial charge in [0, 0.05) is 83.9 Å². The van der Waals surface area contributed by atoms with Crippen LogP contribution in [0.25, 0.3) is 43.6 Å². The Labute approximate surface area is 270 Å². The normalized spacial score (nSPS) is 14.6. The summed E-state index contributed by atoms with van der Waals surface area (Å²) < 4.78 is 4.12. The molecule has 0 atom stereocenters. The maximum absolute atomic E-state index is 13.5. The molecule has 6 aromatic rings. The maximum Gasteiger partial charge on any atom is 0.262 e. The molecule has 10 nitrogen and oxygen atoms in total. The Morgan fingerprint density at radius 3 is 1.36 bits per heavy atom. The molecule has 2 N–H and O–H groups in total. The molecule has 8 rings (SSSR count). The molecule has 0 fully saturated rings. The average molecular weight is 627 g/mol. The van der Waals surface area contributed by atoms with Crippen LogP contribution in [0, 0.1) is 0 Å². The van der Waals surface area contributed by atoms with Gasteiger partial charge in [-0.2, -0.15) is 0 Å². The topological polar surface area (TPSA) is 109 Å². The van der Waals surface area contributed by atoms with Gasteiger partial charge in [-0.25, -0.2) is 0 Å². The lowest BCUT2D eigenvalue weighted by atomic mass is 10.0. The van der Waals surface area contributed by atoms with Gasteiger partial charge in [0.15, 0.2) is 0 Å². The number of amides is 4. The maximum atomic E-state index is 13.5. The van der Waals surface area contributed by atoms with E-state index in [2.05, 4.69) is 19.8 Å². The zero-order valence-corrected chi connectivity index (χ0v) is 26.3. The molecule has 0 bridgehead atoms. The molecule has 236 valence electrons. The molecule has 4 amide bonds. The lowest BCUT2D eigenvalue weighted by molar-refractivity contribution is 0.0641. The summed E-state index contributed by atoms with van der Waals surface area (Å²) in [7, 11) is 3.95. The molecule has 0 spiro atoms. The van der Waals surface area contributed by atoms with Crippen LogP contribution >= 0.6 is 0 Å². The second kappa shape index (κ2) is 11.2. The zero-order chi connectivity index (χ0) is 32.4. The summed E-state index contributed by atoms with van der Waals surface area (Å²) in [5, 5.41) is 10.3. The highest BCUT2D eigenvalue weighted by atomic mass is 16.2. The molecule has 2 aliphatic heterocycles. The van der Waals surface area contributed by atoms with Gasteiger partial charge in [0.2, 0.25) is 0 Å². The van der Waals surface area contributed by atoms with Crippen molar-refractivity contribution in [3.05, 3.63) is 95.1 Å². The number of fused-ring (bicyclic) bond motifs is 10. The third-order valence-corrected chi connectivity index (χ3v) is 9.76. The molecule has 4 heterocycles. The molecule has 47 heavy (non-hydrogen) atoms. The number of imide groups is 2. The molecule has 2 aromatic heterocycles. The number of hydrogen-bond acceptors (Lipinski definition) is 6. The summed E-state index contributed by atoms with van der Waals surface area (Å²) in [5.74, 6) is -0.996. The molecule has 0 radical (unpaired) electrons. The van der Waals surface area contributed by atoms with Crippen LogP contribution < -0.4 is 10.6 Å². The molecule has 0 saturated heterocycles. The second-order valence-corrected chi connectivity index (χ2v) is 12.3. The predicted molar refractivity (Wildman–Crippen MR) is 182 cm³/mol. The van der Waals surface area contributed by atoms with E-state index in [1.54, 1.807) is 12.1 Å². The van der Waals surface area contributed by atoms with Crippen LogP contribution in [0.5, 0.6) is 0 Å². The van der Waals surface area contributed by atoms with Crippen LogP contribution in [0.4, 0.5) is 0 Å². The number of hydrogen-bond donors (Lipinski definition) is 2. The number of carbonyl (C=O) groups is 4. The number of para-hydroxylation sites is 2. The molecule has 0 unspecified atom stereocenters. The lowest BCUT2D eigenvalue weighted by Gasteiger charge is -2.15. The highest BCUT2D eigenvalue weighted by molar-refractivity contribution is 6.31. The fourth-order valence-electron chi connectivity index (χ4n) is 7.42. The Morgan fingerprint density at radius 2 is 0.915 bits per heavy atom. The largest absolute Gasteiger partial charge is 0.344 e. The minimum Gasteiger partial charge on any atom is -0.344 e. The van der Waals surface area contributed by atoms with Gasteiger partial charge in [0.25, 0.3) is 23.6 Å². The highest BCUT2D eigenvalue weighted by Gasteiger charge is 2.39. The van der Waals surface area contributed by atoms with Gasteiger partial charge in [0.1, 0.15) is 0 Å². The van der Waals surface area contributed by atoms with Crippen molar-refractivity contribution < 1.29 is 19.2 Å². The first-order chi connectivity index (χ1) is 22.9. The third kappa shape index (κ3) is 4.32. The van der Waals surface area contributed by atoms with E-state index in [4.69, 9.17) is 0 Å². The van der Waals surface area contributed by atoms with E-state index in [1.807, 2.05) is 74.8 Å². The van der Waals surface area contributed by atoms with Gasteiger partial charge in [-0.05, 0) is 55.9 Å². The first-order valence-electron chi connectivity index (χ1n) is 16.0. The molecule has 0 aliphatic carbocycles. The van der Waals surface area contributed by atoms with Gasteiger partial charge < -0.3 is 19.8 Å². The van der Waals surface area contributed by atoms with Crippen molar-refractivity contribution in [2.24, 2.45) is 14.1 Å². The zero-order valence-electron chi connectivity index (χ0n) is 26.3. The monoisotopic (exact) mass is 626 g/mol. The van der Waals surface area contributed by atoms with E-state index < -0.39 is 0 Å². The standard InChI is InChI=1S/C37H34N6O4/c1-40-26-10-5-3-8-22(26)30-28(40)14-12-24-32(30)36(46)42(34(24)44)20-18-38-16-7-17-39-19-21-43-35(45)25-13-15-29-31(33(25)37(43)47)23-9-4-6-11-27(23)41(29)2/h3-6,8-15,38-39H,7,16-21H2,1-2H3. The van der Waals surface area contributed by atoms with E-state index in [9.17, 15) is 19.2 Å². The Kier molecular flexibility index (Phi) is 6.93. The molecule has 4 aromatic carbocycles. The van der Waals surface area contributed by atoms with Gasteiger partial charge >= 0.3 is 0 Å². The smallest absolute Gasteiger partial charge is 0.262 e. The van der Waals surface area contributed by atoms with Crippen LogP contribution in [-0.2, 0) is 14.1 Å². The molecule has 10 heteroatoms. The van der Waals surface area contributed by atoms with Crippen molar-refractivity contribution in [2.75, 3.05) is 39.3 Å². The summed E-state index contributed by atoms with van der Waals surface area (Å²) >= 11 is 0. The van der Waals surface area contributed by atoms with E-state index in [1.165, 1.54) is 9.80 Å². The quantitative estimate of drug-likeness (QED) is 0.172. The van der Waals surface area contributed by atoms with Crippen LogP contribution in [0.2, 0.25) is 0 Å². The number of rotatable bonds is 10. The highest BCUT2D eigenvalue weighted by Crippen LogP contribution is 2.38. The number of nitrogens with one attached hydrogen (secondary N) is 2. The summed E-state index contributed by atoms with van der Waals surface area (Å²) in [4.78, 5) is 56.0. The van der Waals surface area contributed by atoms with Crippen molar-refractivity contribution in [2.45, 2.75) is 6.42 Å². The minimum atomic E-state index is -0.252. The number of benzene rings is 4. The van der Waals surface area contributed by atoms with Crippen LogP contribution in [-0.4, -0.2) is 81.8 Å². The van der Waals surface area contributed by atoms with Crippen molar-refractivity contribution in [1.82, 2.24) is 29.6 Å². The van der Waals surface area contributed by atoms with Gasteiger partial charge in [0.05, 0.1) is 22.3 Å². The SMILES string of the molecule is Cn1c2ccccc2c2c3c(ccc21)C(=O)N(CCNCCCNCCN1C(=O)c2ccc4c(c2C1=O)c1ccccc1n4C)C3=O. The Balaban J connectivity index is 0.824. The van der Waals surface area contributed by atoms with Crippen molar-refractivity contribution in [1.29, 1.82) is 0 Å². The van der Waals surface area contributed by atoms with Crippen LogP contribution in [0.1, 0.15) is 47.9 Å². The molecule has 0 saturated carbocycles. The van der Waals surface area contributed by atoms with Crippen LogP contribution in [0.3, 0.4) is 0 Å². The van der Waals surface area contributed by atoms with Crippen molar-refractivity contribution in [3.8, 4) is 0 Å². The fraction of sp³-hybridized carbons (Fsp3) is 0.243. The number of aromatic nitrogens is 2. The van der Waals surface area contributed by atoms with E-state index in [0.717, 1.165) is 50.0 Å².